The maximum absolute atomic E-state index is 13.4. The maximum atomic E-state index is 13.4. The molecule has 0 bridgehead atoms. The van der Waals surface area contributed by atoms with Crippen LogP contribution in [0.25, 0.3) is 0 Å². The second-order valence-corrected chi connectivity index (χ2v) is 5.31. The summed E-state index contributed by atoms with van der Waals surface area (Å²) in [6.07, 6.45) is -0.340. The van der Waals surface area contributed by atoms with Crippen LogP contribution in [0.1, 0.15) is 17.2 Å². The van der Waals surface area contributed by atoms with E-state index in [1.165, 1.54) is 6.07 Å². The van der Waals surface area contributed by atoms with Crippen LogP contribution < -0.4 is 0 Å². The third kappa shape index (κ3) is 3.31. The molecule has 0 radical (unpaired) electrons. The van der Waals surface area contributed by atoms with Gasteiger partial charge in [0.25, 0.3) is 0 Å². The zero-order chi connectivity index (χ0) is 13.1. The van der Waals surface area contributed by atoms with E-state index in [0.29, 0.717) is 21.5 Å². The molecule has 94 valence electrons. The lowest BCUT2D eigenvalue weighted by Crippen LogP contribution is -2.02. The number of aliphatic hydroxyl groups is 1. The molecule has 1 N–H and O–H groups in total. The van der Waals surface area contributed by atoms with E-state index in [-0.39, 0.29) is 5.82 Å². The van der Waals surface area contributed by atoms with Crippen molar-refractivity contribution < 1.29 is 9.50 Å². The number of hydrogen-bond donors (Lipinski definition) is 1. The molecule has 1 nitrogen and oxygen atoms in total. The molecule has 2 aromatic rings. The van der Waals surface area contributed by atoms with Gasteiger partial charge in [0, 0.05) is 11.4 Å². The van der Waals surface area contributed by atoms with Crippen molar-refractivity contribution in [3.05, 3.63) is 68.9 Å². The third-order valence-corrected chi connectivity index (χ3v) is 3.52. The zero-order valence-electron chi connectivity index (χ0n) is 9.41. The molecule has 1 unspecified atom stereocenters. The van der Waals surface area contributed by atoms with E-state index in [9.17, 15) is 9.50 Å². The highest BCUT2D eigenvalue weighted by Crippen LogP contribution is 2.24. The van der Waals surface area contributed by atoms with Gasteiger partial charge in [0.05, 0.1) is 10.6 Å². The summed E-state index contributed by atoms with van der Waals surface area (Å²) < 4.78 is 13.8. The fourth-order valence-corrected chi connectivity index (χ4v) is 2.18. The Morgan fingerprint density at radius 3 is 2.67 bits per heavy atom. The number of halogens is 3. The molecule has 0 saturated carbocycles. The maximum Gasteiger partial charge on any atom is 0.137 e. The number of aliphatic hydroxyl groups excluding tert-OH is 1. The van der Waals surface area contributed by atoms with Gasteiger partial charge >= 0.3 is 0 Å². The highest BCUT2D eigenvalue weighted by atomic mass is 79.9. The highest BCUT2D eigenvalue weighted by molar-refractivity contribution is 9.10. The molecule has 0 aliphatic carbocycles. The molecule has 0 spiro atoms. The first-order valence-corrected chi connectivity index (χ1v) is 6.61. The monoisotopic (exact) mass is 328 g/mol. The summed E-state index contributed by atoms with van der Waals surface area (Å²) in [7, 11) is 0. The molecule has 0 fully saturated rings. The number of rotatable bonds is 3. The van der Waals surface area contributed by atoms with Gasteiger partial charge in [-0.25, -0.2) is 4.39 Å². The van der Waals surface area contributed by atoms with Crippen molar-refractivity contribution in [2.45, 2.75) is 12.5 Å². The lowest BCUT2D eigenvalue weighted by atomic mass is 10.0. The topological polar surface area (TPSA) is 20.2 Å². The molecule has 0 amide bonds. The van der Waals surface area contributed by atoms with Crippen molar-refractivity contribution in [3.8, 4) is 0 Å². The Morgan fingerprint density at radius 1 is 1.22 bits per heavy atom. The fraction of sp³-hybridized carbons (Fsp3) is 0.143. The van der Waals surface area contributed by atoms with Gasteiger partial charge in [0.1, 0.15) is 5.82 Å². The molecule has 4 heteroatoms. The van der Waals surface area contributed by atoms with E-state index >= 15 is 0 Å². The highest BCUT2D eigenvalue weighted by Gasteiger charge is 2.11. The zero-order valence-corrected chi connectivity index (χ0v) is 11.7. The van der Waals surface area contributed by atoms with Gasteiger partial charge in [-0.05, 0) is 51.3 Å². The summed E-state index contributed by atoms with van der Waals surface area (Å²) in [6.45, 7) is 0. The van der Waals surface area contributed by atoms with Crippen molar-refractivity contribution in [1.82, 2.24) is 0 Å². The molecule has 0 aliphatic heterocycles. The standard InChI is InChI=1S/C14H11BrClFO/c15-12-5-4-10(8-13(12)17)14(18)7-9-2-1-3-11(16)6-9/h1-6,8,14,18H,7H2. The van der Waals surface area contributed by atoms with Crippen LogP contribution >= 0.6 is 27.5 Å². The predicted molar refractivity (Wildman–Crippen MR) is 74.2 cm³/mol. The molecule has 0 heterocycles. The Morgan fingerprint density at radius 2 is 2.00 bits per heavy atom. The van der Waals surface area contributed by atoms with Gasteiger partial charge < -0.3 is 5.11 Å². The molecule has 18 heavy (non-hydrogen) atoms. The smallest absolute Gasteiger partial charge is 0.137 e. The second kappa shape index (κ2) is 5.83. The molecule has 0 aliphatic rings. The van der Waals surface area contributed by atoms with Gasteiger partial charge in [-0.1, -0.05) is 29.8 Å². The second-order valence-electron chi connectivity index (χ2n) is 4.02. The van der Waals surface area contributed by atoms with E-state index in [0.717, 1.165) is 5.56 Å². The Balaban J connectivity index is 2.16. The van der Waals surface area contributed by atoms with Gasteiger partial charge in [-0.2, -0.15) is 0 Å². The molecule has 2 aromatic carbocycles. The van der Waals surface area contributed by atoms with Crippen molar-refractivity contribution in [1.29, 1.82) is 0 Å². The minimum absolute atomic E-state index is 0.377. The Kier molecular flexibility index (Phi) is 4.38. The first-order chi connectivity index (χ1) is 8.56. The quantitative estimate of drug-likeness (QED) is 0.878. The van der Waals surface area contributed by atoms with Crippen LogP contribution in [0.2, 0.25) is 5.02 Å². The van der Waals surface area contributed by atoms with Crippen molar-refractivity contribution in [3.63, 3.8) is 0 Å². The van der Waals surface area contributed by atoms with E-state index in [1.54, 1.807) is 24.3 Å². The Hall–Kier alpha value is -0.900. The first-order valence-electron chi connectivity index (χ1n) is 5.44. The normalized spacial score (nSPS) is 12.4. The summed E-state index contributed by atoms with van der Waals surface area (Å²) in [5, 5.41) is 10.7. The summed E-state index contributed by atoms with van der Waals surface area (Å²) in [5.74, 6) is -0.377. The lowest BCUT2D eigenvalue weighted by molar-refractivity contribution is 0.178. The minimum atomic E-state index is -0.744. The summed E-state index contributed by atoms with van der Waals surface area (Å²) in [5.41, 5.74) is 1.47. The van der Waals surface area contributed by atoms with Crippen LogP contribution in [0.4, 0.5) is 4.39 Å². The van der Waals surface area contributed by atoms with Gasteiger partial charge in [-0.15, -0.1) is 0 Å². The lowest BCUT2D eigenvalue weighted by Gasteiger charge is -2.12. The van der Waals surface area contributed by atoms with E-state index in [1.807, 2.05) is 12.1 Å². The van der Waals surface area contributed by atoms with Crippen LogP contribution in [-0.2, 0) is 6.42 Å². The molecular weight excluding hydrogens is 319 g/mol. The summed E-state index contributed by atoms with van der Waals surface area (Å²) >= 11 is 8.95. The van der Waals surface area contributed by atoms with E-state index in [2.05, 4.69) is 15.9 Å². The molecule has 0 saturated heterocycles. The average molecular weight is 330 g/mol. The first kappa shape index (κ1) is 13.5. The fourth-order valence-electron chi connectivity index (χ4n) is 1.72. The third-order valence-electron chi connectivity index (χ3n) is 2.65. The number of benzene rings is 2. The molecule has 0 aromatic heterocycles. The predicted octanol–water partition coefficient (Wildman–Crippen LogP) is 4.52. The van der Waals surface area contributed by atoms with E-state index in [4.69, 9.17) is 11.6 Å². The van der Waals surface area contributed by atoms with Crippen LogP contribution in [0.15, 0.2) is 46.9 Å². The van der Waals surface area contributed by atoms with Gasteiger partial charge in [0.15, 0.2) is 0 Å². The molecule has 2 rings (SSSR count). The summed E-state index contributed by atoms with van der Waals surface area (Å²) in [6, 6.07) is 11.9. The molecular formula is C14H11BrClFO. The van der Waals surface area contributed by atoms with Crippen molar-refractivity contribution in [2.75, 3.05) is 0 Å². The van der Waals surface area contributed by atoms with Crippen LogP contribution in [0.3, 0.4) is 0 Å². The van der Waals surface area contributed by atoms with Crippen molar-refractivity contribution in [2.24, 2.45) is 0 Å². The summed E-state index contributed by atoms with van der Waals surface area (Å²) in [4.78, 5) is 0. The molecule has 1 atom stereocenters. The van der Waals surface area contributed by atoms with Crippen molar-refractivity contribution >= 4 is 27.5 Å². The largest absolute Gasteiger partial charge is 0.388 e. The van der Waals surface area contributed by atoms with E-state index < -0.39 is 6.10 Å². The van der Waals surface area contributed by atoms with Crippen LogP contribution in [0.5, 0.6) is 0 Å². The minimum Gasteiger partial charge on any atom is -0.388 e. The van der Waals surface area contributed by atoms with Gasteiger partial charge in [-0.3, -0.25) is 0 Å². The van der Waals surface area contributed by atoms with Crippen LogP contribution in [-0.4, -0.2) is 5.11 Å². The SMILES string of the molecule is OC(Cc1cccc(Cl)c1)c1ccc(Br)c(F)c1. The Bertz CT molecular complexity index is 559. The van der Waals surface area contributed by atoms with Gasteiger partial charge in [0.2, 0.25) is 0 Å². The average Bonchev–Trinajstić information content (AvgIpc) is 2.32. The number of hydrogen-bond acceptors (Lipinski definition) is 1. The van der Waals surface area contributed by atoms with Crippen LogP contribution in [0, 0.1) is 5.82 Å². The Labute approximate surface area is 118 Å².